The van der Waals surface area contributed by atoms with Crippen LogP contribution in [0.1, 0.15) is 25.3 Å². The van der Waals surface area contributed by atoms with Gasteiger partial charge in [0.2, 0.25) is 0 Å². The summed E-state index contributed by atoms with van der Waals surface area (Å²) in [6.45, 7) is 4.06. The minimum absolute atomic E-state index is 0.0928. The SMILES string of the molecule is CCCCNCCc1ccccc1F. The number of hydrogen-bond acceptors (Lipinski definition) is 1. The molecule has 0 saturated heterocycles. The molecule has 0 atom stereocenters. The van der Waals surface area contributed by atoms with E-state index in [1.165, 1.54) is 18.9 Å². The Hall–Kier alpha value is -0.890. The van der Waals surface area contributed by atoms with Gasteiger partial charge in [0.15, 0.2) is 0 Å². The Balaban J connectivity index is 2.21. The van der Waals surface area contributed by atoms with Crippen LogP contribution >= 0.6 is 0 Å². The molecule has 0 aliphatic heterocycles. The van der Waals surface area contributed by atoms with E-state index in [4.69, 9.17) is 0 Å². The molecule has 1 nitrogen and oxygen atoms in total. The summed E-state index contributed by atoms with van der Waals surface area (Å²) in [6, 6.07) is 6.96. The summed E-state index contributed by atoms with van der Waals surface area (Å²) < 4.78 is 13.1. The fraction of sp³-hybridized carbons (Fsp3) is 0.500. The zero-order chi connectivity index (χ0) is 10.2. The molecule has 0 aromatic heterocycles. The van der Waals surface area contributed by atoms with Crippen LogP contribution < -0.4 is 5.32 Å². The minimum atomic E-state index is -0.0928. The van der Waals surface area contributed by atoms with Gasteiger partial charge in [0, 0.05) is 0 Å². The van der Waals surface area contributed by atoms with E-state index < -0.39 is 0 Å². The molecule has 0 spiro atoms. The van der Waals surface area contributed by atoms with Crippen molar-refractivity contribution < 1.29 is 4.39 Å². The smallest absolute Gasteiger partial charge is 0.126 e. The van der Waals surface area contributed by atoms with E-state index in [-0.39, 0.29) is 5.82 Å². The predicted octanol–water partition coefficient (Wildman–Crippen LogP) is 2.76. The number of halogens is 1. The quantitative estimate of drug-likeness (QED) is 0.688. The molecule has 0 aliphatic rings. The van der Waals surface area contributed by atoms with Gasteiger partial charge in [-0.05, 0) is 37.6 Å². The highest BCUT2D eigenvalue weighted by molar-refractivity contribution is 5.17. The first-order valence-electron chi connectivity index (χ1n) is 5.28. The minimum Gasteiger partial charge on any atom is -0.316 e. The predicted molar refractivity (Wildman–Crippen MR) is 57.9 cm³/mol. The fourth-order valence-electron chi connectivity index (χ4n) is 1.35. The maximum absolute atomic E-state index is 13.1. The van der Waals surface area contributed by atoms with Crippen LogP contribution in [0.5, 0.6) is 0 Å². The van der Waals surface area contributed by atoms with Gasteiger partial charge in [0.05, 0.1) is 0 Å². The summed E-state index contributed by atoms with van der Waals surface area (Å²) in [5, 5.41) is 3.30. The molecule has 0 saturated carbocycles. The summed E-state index contributed by atoms with van der Waals surface area (Å²) in [5.74, 6) is -0.0928. The molecule has 14 heavy (non-hydrogen) atoms. The van der Waals surface area contributed by atoms with Crippen molar-refractivity contribution in [1.29, 1.82) is 0 Å². The third-order valence-electron chi connectivity index (χ3n) is 2.24. The van der Waals surface area contributed by atoms with Gasteiger partial charge in [0.25, 0.3) is 0 Å². The van der Waals surface area contributed by atoms with Gasteiger partial charge in [-0.15, -0.1) is 0 Å². The molecule has 2 heteroatoms. The van der Waals surface area contributed by atoms with Crippen LogP contribution in [0, 0.1) is 5.82 Å². The Morgan fingerprint density at radius 2 is 2.00 bits per heavy atom. The molecule has 0 bridgehead atoms. The lowest BCUT2D eigenvalue weighted by Gasteiger charge is -2.04. The van der Waals surface area contributed by atoms with Gasteiger partial charge in [0.1, 0.15) is 5.82 Å². The Bertz CT molecular complexity index is 260. The van der Waals surface area contributed by atoms with Crippen LogP contribution in [0.25, 0.3) is 0 Å². The molecule has 0 fully saturated rings. The van der Waals surface area contributed by atoms with Crippen molar-refractivity contribution in [2.45, 2.75) is 26.2 Å². The van der Waals surface area contributed by atoms with Crippen LogP contribution in [-0.2, 0) is 6.42 Å². The second-order valence-corrected chi connectivity index (χ2v) is 3.44. The van der Waals surface area contributed by atoms with Crippen LogP contribution in [-0.4, -0.2) is 13.1 Å². The average molecular weight is 195 g/mol. The van der Waals surface area contributed by atoms with Gasteiger partial charge in [-0.1, -0.05) is 31.5 Å². The molecule has 1 aromatic carbocycles. The molecular formula is C12H18FN. The summed E-state index contributed by atoms with van der Waals surface area (Å²) in [6.07, 6.45) is 3.17. The third kappa shape index (κ3) is 3.88. The molecule has 1 aromatic rings. The van der Waals surface area contributed by atoms with Gasteiger partial charge in [-0.25, -0.2) is 4.39 Å². The highest BCUT2D eigenvalue weighted by atomic mass is 19.1. The van der Waals surface area contributed by atoms with Gasteiger partial charge in [-0.3, -0.25) is 0 Å². The standard InChI is InChI=1S/C12H18FN/c1-2-3-9-14-10-8-11-6-4-5-7-12(11)13/h4-7,14H,2-3,8-10H2,1H3. The number of rotatable bonds is 6. The van der Waals surface area contributed by atoms with Crippen molar-refractivity contribution in [3.63, 3.8) is 0 Å². The molecule has 0 unspecified atom stereocenters. The van der Waals surface area contributed by atoms with Crippen molar-refractivity contribution in [2.24, 2.45) is 0 Å². The van der Waals surface area contributed by atoms with E-state index >= 15 is 0 Å². The lowest BCUT2D eigenvalue weighted by atomic mass is 10.1. The van der Waals surface area contributed by atoms with Crippen molar-refractivity contribution in [3.05, 3.63) is 35.6 Å². The summed E-state index contributed by atoms with van der Waals surface area (Å²) in [5.41, 5.74) is 0.802. The van der Waals surface area contributed by atoms with Crippen LogP contribution in [0.15, 0.2) is 24.3 Å². The lowest BCUT2D eigenvalue weighted by molar-refractivity contribution is 0.592. The zero-order valence-corrected chi connectivity index (χ0v) is 8.72. The summed E-state index contributed by atoms with van der Waals surface area (Å²) >= 11 is 0. The largest absolute Gasteiger partial charge is 0.316 e. The lowest BCUT2D eigenvalue weighted by Crippen LogP contribution is -2.18. The first-order chi connectivity index (χ1) is 6.84. The van der Waals surface area contributed by atoms with Crippen molar-refractivity contribution in [2.75, 3.05) is 13.1 Å². The maximum atomic E-state index is 13.1. The molecule has 78 valence electrons. The van der Waals surface area contributed by atoms with Crippen molar-refractivity contribution in [3.8, 4) is 0 Å². The van der Waals surface area contributed by atoms with Gasteiger partial charge >= 0.3 is 0 Å². The molecule has 0 heterocycles. The van der Waals surface area contributed by atoms with E-state index in [0.717, 1.165) is 25.1 Å². The molecule has 1 rings (SSSR count). The van der Waals surface area contributed by atoms with E-state index in [1.807, 2.05) is 12.1 Å². The number of hydrogen-bond donors (Lipinski definition) is 1. The first kappa shape index (κ1) is 11.2. The fourth-order valence-corrected chi connectivity index (χ4v) is 1.35. The second-order valence-electron chi connectivity index (χ2n) is 3.44. The average Bonchev–Trinajstić information content (AvgIpc) is 2.20. The highest BCUT2D eigenvalue weighted by Gasteiger charge is 1.98. The van der Waals surface area contributed by atoms with Crippen molar-refractivity contribution in [1.82, 2.24) is 5.32 Å². The summed E-state index contributed by atoms with van der Waals surface area (Å²) in [4.78, 5) is 0. The zero-order valence-electron chi connectivity index (χ0n) is 8.72. The first-order valence-corrected chi connectivity index (χ1v) is 5.28. The monoisotopic (exact) mass is 195 g/mol. The van der Waals surface area contributed by atoms with E-state index in [2.05, 4.69) is 12.2 Å². The second kappa shape index (κ2) is 6.55. The number of unbranched alkanes of at least 4 members (excludes halogenated alkanes) is 1. The Morgan fingerprint density at radius 3 is 2.71 bits per heavy atom. The Morgan fingerprint density at radius 1 is 1.21 bits per heavy atom. The van der Waals surface area contributed by atoms with E-state index in [1.54, 1.807) is 6.07 Å². The Labute approximate surface area is 85.3 Å². The van der Waals surface area contributed by atoms with Crippen LogP contribution in [0.3, 0.4) is 0 Å². The van der Waals surface area contributed by atoms with E-state index in [9.17, 15) is 4.39 Å². The van der Waals surface area contributed by atoms with Crippen LogP contribution in [0.4, 0.5) is 4.39 Å². The molecular weight excluding hydrogens is 177 g/mol. The molecule has 0 amide bonds. The van der Waals surface area contributed by atoms with Crippen molar-refractivity contribution >= 4 is 0 Å². The van der Waals surface area contributed by atoms with Crippen LogP contribution in [0.2, 0.25) is 0 Å². The third-order valence-corrected chi connectivity index (χ3v) is 2.24. The number of nitrogens with one attached hydrogen (secondary N) is 1. The Kier molecular flexibility index (Phi) is 5.23. The maximum Gasteiger partial charge on any atom is 0.126 e. The highest BCUT2D eigenvalue weighted by Crippen LogP contribution is 2.05. The van der Waals surface area contributed by atoms with Gasteiger partial charge in [-0.2, -0.15) is 0 Å². The number of benzene rings is 1. The topological polar surface area (TPSA) is 12.0 Å². The molecule has 1 N–H and O–H groups in total. The molecule has 0 aliphatic carbocycles. The normalized spacial score (nSPS) is 10.4. The molecule has 0 radical (unpaired) electrons. The van der Waals surface area contributed by atoms with Gasteiger partial charge < -0.3 is 5.32 Å². The van der Waals surface area contributed by atoms with E-state index in [0.29, 0.717) is 0 Å². The summed E-state index contributed by atoms with van der Waals surface area (Å²) in [7, 11) is 0.